The first-order valence-corrected chi connectivity index (χ1v) is 11.8. The predicted molar refractivity (Wildman–Crippen MR) is 113 cm³/mol. The van der Waals surface area contributed by atoms with Gasteiger partial charge in [-0.15, -0.1) is 0 Å². The van der Waals surface area contributed by atoms with E-state index in [0.717, 1.165) is 35.4 Å². The van der Waals surface area contributed by atoms with E-state index in [2.05, 4.69) is 10.3 Å². The molecule has 3 unspecified atom stereocenters. The van der Waals surface area contributed by atoms with Crippen LogP contribution in [-0.2, 0) is 16.4 Å². The standard InChI is InChI=1S/C20H27F2N3O6S/c1-4-5-6-17(26)18(27)15(9-12-7-13(21)10-14(22)8-12)23-19(28)16-11-31-20(24-16)25(2)32(3,29)30/h7-8,10-11,15,17-18,26-27H,4-6,9H2,1-3H3,(H,23,28). The largest absolute Gasteiger partial charge is 0.430 e. The number of amides is 1. The van der Waals surface area contributed by atoms with Gasteiger partial charge in [0.2, 0.25) is 10.0 Å². The predicted octanol–water partition coefficient (Wildman–Crippen LogP) is 1.60. The van der Waals surface area contributed by atoms with Gasteiger partial charge >= 0.3 is 6.01 Å². The molecule has 32 heavy (non-hydrogen) atoms. The number of unbranched alkanes of at least 4 members (excludes halogenated alkanes) is 1. The van der Waals surface area contributed by atoms with Gasteiger partial charge in [-0.1, -0.05) is 19.8 Å². The minimum absolute atomic E-state index is 0.159. The third-order valence-corrected chi connectivity index (χ3v) is 6.00. The van der Waals surface area contributed by atoms with Crippen molar-refractivity contribution in [3.63, 3.8) is 0 Å². The molecule has 178 valence electrons. The molecule has 0 saturated carbocycles. The summed E-state index contributed by atoms with van der Waals surface area (Å²) in [5.74, 6) is -2.47. The van der Waals surface area contributed by atoms with Crippen LogP contribution in [0.5, 0.6) is 0 Å². The molecule has 0 aliphatic rings. The zero-order valence-corrected chi connectivity index (χ0v) is 18.8. The first-order valence-electron chi connectivity index (χ1n) is 9.93. The molecule has 1 aromatic heterocycles. The number of aliphatic hydroxyl groups excluding tert-OH is 2. The van der Waals surface area contributed by atoms with Gasteiger partial charge in [0.05, 0.1) is 18.4 Å². The number of carbonyl (C=O) groups is 1. The molecule has 2 rings (SSSR count). The molecule has 0 bridgehead atoms. The molecule has 0 aliphatic carbocycles. The second-order valence-electron chi connectivity index (χ2n) is 7.51. The number of halogens is 2. The fourth-order valence-electron chi connectivity index (χ4n) is 2.99. The maximum atomic E-state index is 13.6. The Bertz CT molecular complexity index is 1010. The third kappa shape index (κ3) is 6.97. The van der Waals surface area contributed by atoms with Crippen molar-refractivity contribution >= 4 is 21.9 Å². The number of oxazole rings is 1. The molecular weight excluding hydrogens is 448 g/mol. The summed E-state index contributed by atoms with van der Waals surface area (Å²) in [6.07, 6.45) is 0.700. The minimum Gasteiger partial charge on any atom is -0.430 e. The Kier molecular flexibility index (Phi) is 8.70. The number of carbonyl (C=O) groups excluding carboxylic acids is 1. The van der Waals surface area contributed by atoms with E-state index in [4.69, 9.17) is 4.42 Å². The molecule has 1 amide bonds. The number of anilines is 1. The Hall–Kier alpha value is -2.57. The quantitative estimate of drug-likeness (QED) is 0.450. The Labute approximate surface area is 185 Å². The highest BCUT2D eigenvalue weighted by Crippen LogP contribution is 2.18. The van der Waals surface area contributed by atoms with Crippen molar-refractivity contribution in [1.82, 2.24) is 10.3 Å². The number of aliphatic hydroxyl groups is 2. The van der Waals surface area contributed by atoms with Gasteiger partial charge in [-0.3, -0.25) is 4.79 Å². The first kappa shape index (κ1) is 25.7. The zero-order valence-electron chi connectivity index (χ0n) is 18.0. The summed E-state index contributed by atoms with van der Waals surface area (Å²) in [5.41, 5.74) is -0.117. The Morgan fingerprint density at radius 2 is 1.88 bits per heavy atom. The van der Waals surface area contributed by atoms with Crippen molar-refractivity contribution in [1.29, 1.82) is 0 Å². The van der Waals surface area contributed by atoms with Gasteiger partial charge in [0, 0.05) is 13.1 Å². The smallest absolute Gasteiger partial charge is 0.311 e. The lowest BCUT2D eigenvalue weighted by Gasteiger charge is -2.27. The van der Waals surface area contributed by atoms with E-state index >= 15 is 0 Å². The molecule has 0 fully saturated rings. The summed E-state index contributed by atoms with van der Waals surface area (Å²) in [7, 11) is -2.48. The van der Waals surface area contributed by atoms with E-state index in [1.54, 1.807) is 0 Å². The van der Waals surface area contributed by atoms with E-state index in [9.17, 15) is 32.2 Å². The van der Waals surface area contributed by atoms with Gasteiger partial charge in [0.15, 0.2) is 5.69 Å². The molecule has 1 heterocycles. The number of aromatic nitrogens is 1. The highest BCUT2D eigenvalue weighted by molar-refractivity contribution is 7.92. The van der Waals surface area contributed by atoms with Gasteiger partial charge < -0.3 is 19.9 Å². The lowest BCUT2D eigenvalue weighted by atomic mass is 9.95. The van der Waals surface area contributed by atoms with E-state index in [1.165, 1.54) is 7.05 Å². The second kappa shape index (κ2) is 10.8. The normalized spacial score (nSPS) is 14.6. The lowest BCUT2D eigenvalue weighted by molar-refractivity contribution is -0.00819. The topological polar surface area (TPSA) is 133 Å². The van der Waals surface area contributed by atoms with Gasteiger partial charge in [-0.25, -0.2) is 21.5 Å². The van der Waals surface area contributed by atoms with Crippen molar-refractivity contribution < 1.29 is 36.6 Å². The van der Waals surface area contributed by atoms with Crippen molar-refractivity contribution in [3.8, 4) is 0 Å². The van der Waals surface area contributed by atoms with Crippen LogP contribution in [-0.4, -0.2) is 61.1 Å². The summed E-state index contributed by atoms with van der Waals surface area (Å²) < 4.78 is 56.2. The lowest BCUT2D eigenvalue weighted by Crippen LogP contribution is -2.50. The Morgan fingerprint density at radius 3 is 2.44 bits per heavy atom. The minimum atomic E-state index is -3.67. The van der Waals surface area contributed by atoms with Gasteiger partial charge in [0.1, 0.15) is 24.0 Å². The van der Waals surface area contributed by atoms with E-state index < -0.39 is 45.8 Å². The summed E-state index contributed by atoms with van der Waals surface area (Å²) in [4.78, 5) is 16.5. The maximum Gasteiger partial charge on any atom is 0.311 e. The number of nitrogens with one attached hydrogen (secondary N) is 1. The van der Waals surface area contributed by atoms with Crippen LogP contribution in [0.25, 0.3) is 0 Å². The molecule has 0 radical (unpaired) electrons. The van der Waals surface area contributed by atoms with Crippen LogP contribution in [0.4, 0.5) is 14.8 Å². The molecule has 2 aromatic rings. The first-order chi connectivity index (χ1) is 14.9. The van der Waals surface area contributed by atoms with Crippen molar-refractivity contribution in [2.45, 2.75) is 50.9 Å². The zero-order chi connectivity index (χ0) is 24.1. The second-order valence-corrected chi connectivity index (χ2v) is 9.52. The van der Waals surface area contributed by atoms with Crippen molar-refractivity contribution in [2.24, 2.45) is 0 Å². The molecule has 1 aromatic carbocycles. The summed E-state index contributed by atoms with van der Waals surface area (Å²) in [6, 6.07) is 1.35. The molecule has 0 saturated heterocycles. The molecule has 3 atom stereocenters. The Balaban J connectivity index is 2.25. The van der Waals surface area contributed by atoms with Gasteiger partial charge in [-0.05, 0) is 30.5 Å². The van der Waals surface area contributed by atoms with Gasteiger partial charge in [-0.2, -0.15) is 4.98 Å². The summed E-state index contributed by atoms with van der Waals surface area (Å²) in [5, 5.41) is 23.4. The maximum absolute atomic E-state index is 13.6. The highest BCUT2D eigenvalue weighted by Gasteiger charge is 2.29. The van der Waals surface area contributed by atoms with Crippen LogP contribution < -0.4 is 9.62 Å². The number of hydrogen-bond acceptors (Lipinski definition) is 7. The summed E-state index contributed by atoms with van der Waals surface area (Å²) in [6.45, 7) is 1.91. The van der Waals surface area contributed by atoms with Crippen molar-refractivity contribution in [2.75, 3.05) is 17.6 Å². The molecule has 3 N–H and O–H groups in total. The fourth-order valence-corrected chi connectivity index (χ4v) is 3.36. The molecule has 9 nitrogen and oxygen atoms in total. The molecule has 0 aliphatic heterocycles. The number of nitrogens with zero attached hydrogens (tertiary/aromatic N) is 2. The monoisotopic (exact) mass is 475 g/mol. The third-order valence-electron chi connectivity index (χ3n) is 4.85. The number of rotatable bonds is 11. The average molecular weight is 476 g/mol. The molecular formula is C20H27F2N3O6S. The van der Waals surface area contributed by atoms with Crippen LogP contribution in [0.3, 0.4) is 0 Å². The number of hydrogen-bond donors (Lipinski definition) is 3. The van der Waals surface area contributed by atoms with Crippen molar-refractivity contribution in [3.05, 3.63) is 47.4 Å². The van der Waals surface area contributed by atoms with Crippen LogP contribution in [0.1, 0.15) is 42.2 Å². The molecule has 12 heteroatoms. The van der Waals surface area contributed by atoms with E-state index in [1.807, 2.05) is 6.92 Å². The van der Waals surface area contributed by atoms with Crippen LogP contribution >= 0.6 is 0 Å². The number of benzene rings is 1. The highest BCUT2D eigenvalue weighted by atomic mass is 32.2. The summed E-state index contributed by atoms with van der Waals surface area (Å²) >= 11 is 0. The fraction of sp³-hybridized carbons (Fsp3) is 0.500. The van der Waals surface area contributed by atoms with E-state index in [0.29, 0.717) is 12.5 Å². The van der Waals surface area contributed by atoms with Gasteiger partial charge in [0.25, 0.3) is 5.91 Å². The SMILES string of the molecule is CCCCC(O)C(O)C(Cc1cc(F)cc(F)c1)NC(=O)c1coc(N(C)S(C)(=O)=O)n1. The molecule has 0 spiro atoms. The van der Waals surface area contributed by atoms with Crippen LogP contribution in [0, 0.1) is 11.6 Å². The Morgan fingerprint density at radius 1 is 1.25 bits per heavy atom. The van der Waals surface area contributed by atoms with Crippen LogP contribution in [0.2, 0.25) is 0 Å². The van der Waals surface area contributed by atoms with E-state index in [-0.39, 0.29) is 30.1 Å². The van der Waals surface area contributed by atoms with Crippen LogP contribution in [0.15, 0.2) is 28.9 Å². The average Bonchev–Trinajstić information content (AvgIpc) is 3.19. The number of sulfonamides is 1.